The number of methoxy groups -OCH3 is 1. The van der Waals surface area contributed by atoms with Crippen LogP contribution >= 0.6 is 0 Å². The number of benzene rings is 1. The molecule has 1 saturated heterocycles. The van der Waals surface area contributed by atoms with Gasteiger partial charge in [-0.2, -0.15) is 0 Å². The van der Waals surface area contributed by atoms with Gasteiger partial charge in [0, 0.05) is 19.1 Å². The van der Waals surface area contributed by atoms with Gasteiger partial charge < -0.3 is 10.1 Å². The van der Waals surface area contributed by atoms with Crippen molar-refractivity contribution in [3.8, 4) is 0 Å². The average molecular weight is 203 g/mol. The predicted octanol–water partition coefficient (Wildman–Crippen LogP) is 1.69. The topological polar surface area (TPSA) is 21.3 Å². The minimum Gasteiger partial charge on any atom is -0.380 e. The molecule has 0 radical (unpaired) electrons. The summed E-state index contributed by atoms with van der Waals surface area (Å²) in [6.07, 6.45) is 1.38. The van der Waals surface area contributed by atoms with Crippen LogP contribution in [0.1, 0.15) is 17.5 Å². The summed E-state index contributed by atoms with van der Waals surface area (Å²) in [4.78, 5) is 0. The maximum atomic E-state index is 5.12. The second-order valence-corrected chi connectivity index (χ2v) is 4.82. The lowest BCUT2D eigenvalue weighted by Crippen LogP contribution is -2.19. The van der Waals surface area contributed by atoms with Crippen molar-refractivity contribution >= 4 is 0 Å². The fraction of sp³-hybridized carbons (Fsp3) is 0.538. The van der Waals surface area contributed by atoms with Gasteiger partial charge in [-0.05, 0) is 30.0 Å². The van der Waals surface area contributed by atoms with Crippen molar-refractivity contribution < 1.29 is 4.74 Å². The van der Waals surface area contributed by atoms with E-state index in [2.05, 4.69) is 29.6 Å². The fourth-order valence-corrected chi connectivity index (χ4v) is 2.89. The molecule has 2 atom stereocenters. The SMILES string of the molecule is COCc1ccc(C23CNCC2C3)cc1. The molecule has 2 heteroatoms. The fourth-order valence-electron chi connectivity index (χ4n) is 2.89. The van der Waals surface area contributed by atoms with Crippen LogP contribution in [0.3, 0.4) is 0 Å². The van der Waals surface area contributed by atoms with Crippen LogP contribution in [0.2, 0.25) is 0 Å². The van der Waals surface area contributed by atoms with E-state index in [0.29, 0.717) is 5.41 Å². The van der Waals surface area contributed by atoms with Crippen molar-refractivity contribution in [1.29, 1.82) is 0 Å². The second-order valence-electron chi connectivity index (χ2n) is 4.82. The van der Waals surface area contributed by atoms with E-state index in [1.165, 1.54) is 30.6 Å². The molecule has 2 fully saturated rings. The average Bonchev–Trinajstić information content (AvgIpc) is 2.83. The number of ether oxygens (including phenoxy) is 1. The van der Waals surface area contributed by atoms with Crippen molar-refractivity contribution in [2.75, 3.05) is 20.2 Å². The number of piperidine rings is 1. The third kappa shape index (κ3) is 1.40. The van der Waals surface area contributed by atoms with Crippen molar-refractivity contribution in [2.24, 2.45) is 5.92 Å². The summed E-state index contributed by atoms with van der Waals surface area (Å²) in [6, 6.07) is 8.95. The molecule has 0 amide bonds. The normalized spacial score (nSPS) is 32.7. The first-order valence-corrected chi connectivity index (χ1v) is 5.64. The van der Waals surface area contributed by atoms with Gasteiger partial charge in [0.25, 0.3) is 0 Å². The Labute approximate surface area is 90.6 Å². The first-order chi connectivity index (χ1) is 7.35. The lowest BCUT2D eigenvalue weighted by Gasteiger charge is -2.12. The van der Waals surface area contributed by atoms with Gasteiger partial charge in [0.05, 0.1) is 6.61 Å². The van der Waals surface area contributed by atoms with Crippen LogP contribution in [0.5, 0.6) is 0 Å². The lowest BCUT2D eigenvalue weighted by molar-refractivity contribution is 0.185. The maximum absolute atomic E-state index is 5.12. The predicted molar refractivity (Wildman–Crippen MR) is 59.8 cm³/mol. The van der Waals surface area contributed by atoms with E-state index in [9.17, 15) is 0 Å². The maximum Gasteiger partial charge on any atom is 0.0713 e. The number of hydrogen-bond donors (Lipinski definition) is 1. The minimum absolute atomic E-state index is 0.492. The van der Waals surface area contributed by atoms with E-state index in [4.69, 9.17) is 4.74 Å². The van der Waals surface area contributed by atoms with E-state index in [-0.39, 0.29) is 0 Å². The van der Waals surface area contributed by atoms with Crippen LogP contribution in [-0.4, -0.2) is 20.2 Å². The zero-order valence-electron chi connectivity index (χ0n) is 9.12. The Balaban J connectivity index is 1.82. The molecule has 15 heavy (non-hydrogen) atoms. The summed E-state index contributed by atoms with van der Waals surface area (Å²) in [7, 11) is 1.74. The molecule has 1 N–H and O–H groups in total. The third-order valence-electron chi connectivity index (χ3n) is 3.90. The molecule has 0 aromatic heterocycles. The summed E-state index contributed by atoms with van der Waals surface area (Å²) in [5, 5.41) is 3.48. The second kappa shape index (κ2) is 3.32. The van der Waals surface area contributed by atoms with Gasteiger partial charge in [-0.25, -0.2) is 0 Å². The highest BCUT2D eigenvalue weighted by molar-refractivity contribution is 5.38. The zero-order valence-corrected chi connectivity index (χ0v) is 9.12. The van der Waals surface area contributed by atoms with E-state index < -0.39 is 0 Å². The molecule has 1 aromatic rings. The Bertz CT molecular complexity index is 359. The molecule has 2 unspecified atom stereocenters. The van der Waals surface area contributed by atoms with Crippen LogP contribution in [0, 0.1) is 5.92 Å². The summed E-state index contributed by atoms with van der Waals surface area (Å²) in [6.45, 7) is 3.09. The molecule has 0 spiro atoms. The largest absolute Gasteiger partial charge is 0.380 e. The highest BCUT2D eigenvalue weighted by Gasteiger charge is 2.57. The van der Waals surface area contributed by atoms with E-state index in [0.717, 1.165) is 12.5 Å². The molecule has 2 aliphatic rings. The van der Waals surface area contributed by atoms with Gasteiger partial charge in [0.15, 0.2) is 0 Å². The molecule has 2 nitrogen and oxygen atoms in total. The summed E-state index contributed by atoms with van der Waals surface area (Å²) in [5.74, 6) is 0.894. The van der Waals surface area contributed by atoms with Gasteiger partial charge in [-0.15, -0.1) is 0 Å². The van der Waals surface area contributed by atoms with E-state index in [1.54, 1.807) is 7.11 Å². The number of nitrogens with one attached hydrogen (secondary N) is 1. The van der Waals surface area contributed by atoms with Gasteiger partial charge >= 0.3 is 0 Å². The molecule has 80 valence electrons. The third-order valence-corrected chi connectivity index (χ3v) is 3.90. The highest BCUT2D eigenvalue weighted by atomic mass is 16.5. The highest BCUT2D eigenvalue weighted by Crippen LogP contribution is 2.56. The van der Waals surface area contributed by atoms with E-state index >= 15 is 0 Å². The van der Waals surface area contributed by atoms with Crippen molar-refractivity contribution in [1.82, 2.24) is 5.32 Å². The van der Waals surface area contributed by atoms with E-state index in [1.807, 2.05) is 0 Å². The minimum atomic E-state index is 0.492. The Hall–Kier alpha value is -0.860. The molecular weight excluding hydrogens is 186 g/mol. The molecule has 0 bridgehead atoms. The summed E-state index contributed by atoms with van der Waals surface area (Å²) < 4.78 is 5.12. The van der Waals surface area contributed by atoms with Gasteiger partial charge in [-0.1, -0.05) is 24.3 Å². The zero-order chi connectivity index (χ0) is 10.3. The van der Waals surface area contributed by atoms with Crippen LogP contribution in [0.15, 0.2) is 24.3 Å². The first-order valence-electron chi connectivity index (χ1n) is 5.64. The first kappa shape index (κ1) is 9.37. The molecule has 1 heterocycles. The smallest absolute Gasteiger partial charge is 0.0713 e. The monoisotopic (exact) mass is 203 g/mol. The number of rotatable bonds is 3. The molecular formula is C13H17NO. The quantitative estimate of drug-likeness (QED) is 0.807. The molecule has 1 aliphatic heterocycles. The number of fused-ring (bicyclic) bond motifs is 1. The van der Waals surface area contributed by atoms with Crippen LogP contribution < -0.4 is 5.32 Å². The summed E-state index contributed by atoms with van der Waals surface area (Å²) >= 11 is 0. The summed E-state index contributed by atoms with van der Waals surface area (Å²) in [5.41, 5.74) is 3.27. The Morgan fingerprint density at radius 3 is 2.73 bits per heavy atom. The standard InChI is InChI=1S/C13H17NO/c1-15-8-10-2-4-11(5-3-10)13-6-12(13)7-14-9-13/h2-5,12,14H,6-9H2,1H3. The van der Waals surface area contributed by atoms with Crippen molar-refractivity contribution in [3.63, 3.8) is 0 Å². The Morgan fingerprint density at radius 2 is 2.20 bits per heavy atom. The molecule has 1 saturated carbocycles. The Kier molecular flexibility index (Phi) is 2.08. The lowest BCUT2D eigenvalue weighted by atomic mass is 9.94. The van der Waals surface area contributed by atoms with Crippen LogP contribution in [-0.2, 0) is 16.8 Å². The van der Waals surface area contributed by atoms with Gasteiger partial charge in [-0.3, -0.25) is 0 Å². The molecule has 3 rings (SSSR count). The molecule has 1 aliphatic carbocycles. The van der Waals surface area contributed by atoms with Gasteiger partial charge in [0.1, 0.15) is 0 Å². The van der Waals surface area contributed by atoms with Gasteiger partial charge in [0.2, 0.25) is 0 Å². The molecule has 1 aromatic carbocycles. The van der Waals surface area contributed by atoms with Crippen LogP contribution in [0.4, 0.5) is 0 Å². The van der Waals surface area contributed by atoms with Crippen molar-refractivity contribution in [2.45, 2.75) is 18.4 Å². The van der Waals surface area contributed by atoms with Crippen molar-refractivity contribution in [3.05, 3.63) is 35.4 Å². The Morgan fingerprint density at radius 1 is 1.40 bits per heavy atom. The van der Waals surface area contributed by atoms with Crippen LogP contribution in [0.25, 0.3) is 0 Å². The number of hydrogen-bond acceptors (Lipinski definition) is 2.